The van der Waals surface area contributed by atoms with Gasteiger partial charge in [0.25, 0.3) is 0 Å². The second-order valence-corrected chi connectivity index (χ2v) is 6.41. The maximum atomic E-state index is 6.09. The average Bonchev–Trinajstić information content (AvgIpc) is 2.43. The third-order valence-electron chi connectivity index (χ3n) is 3.78. The van der Waals surface area contributed by atoms with Gasteiger partial charge in [0.2, 0.25) is 0 Å². The number of ether oxygens (including phenoxy) is 1. The zero-order chi connectivity index (χ0) is 15.7. The fourth-order valence-corrected chi connectivity index (χ4v) is 2.83. The Morgan fingerprint density at radius 3 is 2.57 bits per heavy atom. The van der Waals surface area contributed by atoms with Gasteiger partial charge in [-0.3, -0.25) is 0 Å². The van der Waals surface area contributed by atoms with Crippen LogP contribution in [-0.2, 0) is 0 Å². The van der Waals surface area contributed by atoms with E-state index in [0.29, 0.717) is 6.04 Å². The molecule has 3 unspecified atom stereocenters. The molecule has 0 amide bonds. The minimum Gasteiger partial charge on any atom is -0.489 e. The first kappa shape index (κ1) is 18.3. The number of nitrogens with one attached hydrogen (secondary N) is 1. The molecule has 0 heterocycles. The summed E-state index contributed by atoms with van der Waals surface area (Å²) in [5.41, 5.74) is 0. The van der Waals surface area contributed by atoms with Gasteiger partial charge in [0.15, 0.2) is 0 Å². The maximum absolute atomic E-state index is 6.09. The zero-order valence-corrected chi connectivity index (χ0v) is 14.6. The fraction of sp³-hybridized carbons (Fsp3) is 0.667. The monoisotopic (exact) mass is 311 g/mol. The van der Waals surface area contributed by atoms with Crippen molar-refractivity contribution in [2.45, 2.75) is 65.5 Å². The quantitative estimate of drug-likeness (QED) is 0.633. The molecular weight excluding hydrogens is 282 g/mol. The highest BCUT2D eigenvalue weighted by Gasteiger charge is 2.20. The fourth-order valence-electron chi connectivity index (χ4n) is 2.65. The number of rotatable bonds is 10. The van der Waals surface area contributed by atoms with Crippen LogP contribution in [0.15, 0.2) is 24.3 Å². The van der Waals surface area contributed by atoms with Crippen LogP contribution in [0.25, 0.3) is 0 Å². The Kier molecular flexibility index (Phi) is 8.79. The van der Waals surface area contributed by atoms with Gasteiger partial charge in [-0.1, -0.05) is 51.3 Å². The molecule has 120 valence electrons. The van der Waals surface area contributed by atoms with Crippen molar-refractivity contribution in [1.82, 2.24) is 5.32 Å². The van der Waals surface area contributed by atoms with Gasteiger partial charge in [-0.05, 0) is 50.4 Å². The first-order valence-electron chi connectivity index (χ1n) is 8.22. The lowest BCUT2D eigenvalue weighted by molar-refractivity contribution is 0.153. The van der Waals surface area contributed by atoms with Gasteiger partial charge in [-0.2, -0.15) is 0 Å². The minimum absolute atomic E-state index is 0.134. The lowest BCUT2D eigenvalue weighted by Gasteiger charge is -2.28. The molecule has 0 spiro atoms. The Morgan fingerprint density at radius 2 is 1.95 bits per heavy atom. The van der Waals surface area contributed by atoms with Crippen molar-refractivity contribution in [1.29, 1.82) is 0 Å². The van der Waals surface area contributed by atoms with E-state index in [1.54, 1.807) is 0 Å². The van der Waals surface area contributed by atoms with Gasteiger partial charge in [0, 0.05) is 11.1 Å². The van der Waals surface area contributed by atoms with Crippen molar-refractivity contribution in [3.63, 3.8) is 0 Å². The van der Waals surface area contributed by atoms with E-state index >= 15 is 0 Å². The molecule has 1 rings (SSSR count). The molecule has 21 heavy (non-hydrogen) atoms. The highest BCUT2D eigenvalue weighted by molar-refractivity contribution is 6.30. The summed E-state index contributed by atoms with van der Waals surface area (Å²) in [5.74, 6) is 1.57. The van der Waals surface area contributed by atoms with E-state index in [4.69, 9.17) is 16.3 Å². The summed E-state index contributed by atoms with van der Waals surface area (Å²) in [4.78, 5) is 0. The van der Waals surface area contributed by atoms with Crippen LogP contribution in [0.2, 0.25) is 5.02 Å². The van der Waals surface area contributed by atoms with Crippen molar-refractivity contribution in [2.24, 2.45) is 5.92 Å². The summed E-state index contributed by atoms with van der Waals surface area (Å²) < 4.78 is 6.09. The summed E-state index contributed by atoms with van der Waals surface area (Å²) >= 11 is 6.02. The lowest BCUT2D eigenvalue weighted by atomic mass is 9.94. The van der Waals surface area contributed by atoms with Crippen LogP contribution in [0, 0.1) is 5.92 Å². The molecule has 0 radical (unpaired) electrons. The molecule has 0 aliphatic rings. The van der Waals surface area contributed by atoms with Crippen LogP contribution in [0.4, 0.5) is 0 Å². The molecular formula is C18H30ClNO. The number of hydrogen-bond donors (Lipinski definition) is 1. The Hall–Kier alpha value is -0.730. The Morgan fingerprint density at radius 1 is 1.19 bits per heavy atom. The lowest BCUT2D eigenvalue weighted by Crippen LogP contribution is -2.42. The van der Waals surface area contributed by atoms with Gasteiger partial charge in [0.1, 0.15) is 11.9 Å². The van der Waals surface area contributed by atoms with E-state index < -0.39 is 0 Å². The van der Waals surface area contributed by atoms with Crippen LogP contribution >= 0.6 is 11.6 Å². The molecule has 1 aromatic rings. The van der Waals surface area contributed by atoms with Gasteiger partial charge in [-0.15, -0.1) is 0 Å². The van der Waals surface area contributed by atoms with Crippen molar-refractivity contribution >= 4 is 11.6 Å². The molecule has 1 N–H and O–H groups in total. The predicted molar refractivity (Wildman–Crippen MR) is 92.3 cm³/mol. The molecule has 0 aliphatic heterocycles. The third-order valence-corrected chi connectivity index (χ3v) is 4.01. The first-order chi connectivity index (χ1) is 10.1. The topological polar surface area (TPSA) is 21.3 Å². The molecule has 0 fully saturated rings. The highest BCUT2D eigenvalue weighted by atomic mass is 35.5. The number of hydrogen-bond acceptors (Lipinski definition) is 2. The SMILES string of the molecule is CCCNC(CC(C)CCC)C(C)Oc1cccc(Cl)c1. The Labute approximate surface area is 135 Å². The van der Waals surface area contributed by atoms with Crippen LogP contribution in [0.5, 0.6) is 5.75 Å². The summed E-state index contributed by atoms with van der Waals surface area (Å²) in [6, 6.07) is 8.03. The van der Waals surface area contributed by atoms with E-state index in [2.05, 4.69) is 33.0 Å². The Balaban J connectivity index is 2.62. The second-order valence-electron chi connectivity index (χ2n) is 5.97. The molecule has 0 saturated carbocycles. The van der Waals surface area contributed by atoms with Crippen molar-refractivity contribution in [3.05, 3.63) is 29.3 Å². The van der Waals surface area contributed by atoms with E-state index in [1.165, 1.54) is 12.8 Å². The van der Waals surface area contributed by atoms with Crippen LogP contribution in [-0.4, -0.2) is 18.7 Å². The van der Waals surface area contributed by atoms with E-state index in [-0.39, 0.29) is 6.10 Å². The van der Waals surface area contributed by atoms with Crippen LogP contribution < -0.4 is 10.1 Å². The van der Waals surface area contributed by atoms with Gasteiger partial charge in [-0.25, -0.2) is 0 Å². The normalized spacial score (nSPS) is 15.5. The van der Waals surface area contributed by atoms with Crippen LogP contribution in [0.3, 0.4) is 0 Å². The second kappa shape index (κ2) is 10.1. The molecule has 2 nitrogen and oxygen atoms in total. The smallest absolute Gasteiger partial charge is 0.121 e. The highest BCUT2D eigenvalue weighted by Crippen LogP contribution is 2.21. The number of benzene rings is 1. The van der Waals surface area contributed by atoms with Gasteiger partial charge in [0.05, 0.1) is 0 Å². The summed E-state index contributed by atoms with van der Waals surface area (Å²) in [7, 11) is 0. The molecule has 0 bridgehead atoms. The van der Waals surface area contributed by atoms with Crippen LogP contribution in [0.1, 0.15) is 53.4 Å². The summed E-state index contributed by atoms with van der Waals surface area (Å²) in [6.07, 6.45) is 4.94. The molecule has 0 aliphatic carbocycles. The zero-order valence-electron chi connectivity index (χ0n) is 13.9. The predicted octanol–water partition coefficient (Wildman–Crippen LogP) is 5.30. The standard InChI is InChI=1S/C18H30ClNO/c1-5-8-14(3)12-18(20-11-6-2)15(4)21-17-10-7-9-16(19)13-17/h7,9-10,13-15,18,20H,5-6,8,11-12H2,1-4H3. The molecule has 3 atom stereocenters. The minimum atomic E-state index is 0.134. The maximum Gasteiger partial charge on any atom is 0.121 e. The Bertz CT molecular complexity index is 397. The van der Waals surface area contributed by atoms with Gasteiger partial charge < -0.3 is 10.1 Å². The summed E-state index contributed by atoms with van der Waals surface area (Å²) in [6.45, 7) is 9.95. The number of halogens is 1. The van der Waals surface area contributed by atoms with Crippen molar-refractivity contribution in [2.75, 3.05) is 6.54 Å². The van der Waals surface area contributed by atoms with Crippen molar-refractivity contribution < 1.29 is 4.74 Å². The van der Waals surface area contributed by atoms with E-state index in [1.807, 2.05) is 24.3 Å². The largest absolute Gasteiger partial charge is 0.489 e. The van der Waals surface area contributed by atoms with Crippen molar-refractivity contribution in [3.8, 4) is 5.75 Å². The average molecular weight is 312 g/mol. The third kappa shape index (κ3) is 7.19. The van der Waals surface area contributed by atoms with E-state index in [0.717, 1.165) is 36.1 Å². The molecule has 3 heteroatoms. The summed E-state index contributed by atoms with van der Waals surface area (Å²) in [5, 5.41) is 4.35. The molecule has 0 saturated heterocycles. The molecule has 0 aromatic heterocycles. The van der Waals surface area contributed by atoms with Gasteiger partial charge >= 0.3 is 0 Å². The first-order valence-corrected chi connectivity index (χ1v) is 8.60. The van der Waals surface area contributed by atoms with E-state index in [9.17, 15) is 0 Å². The molecule has 1 aromatic carbocycles.